The Bertz CT molecular complexity index is 949. The van der Waals surface area contributed by atoms with Crippen molar-refractivity contribution in [1.82, 2.24) is 5.32 Å². The molecule has 2 aromatic rings. The second-order valence-corrected chi connectivity index (χ2v) is 8.78. The molecule has 140 valence electrons. The average molecular weight is 387 g/mol. The molecule has 2 heterocycles. The van der Waals surface area contributed by atoms with Crippen molar-refractivity contribution < 1.29 is 30.8 Å². The summed E-state index contributed by atoms with van der Waals surface area (Å²) in [5.41, 5.74) is -1.52. The van der Waals surface area contributed by atoms with E-state index in [1.807, 2.05) is 0 Å². The van der Waals surface area contributed by atoms with Gasteiger partial charge in [-0.15, -0.1) is 0 Å². The molecule has 1 N–H and O–H groups in total. The van der Waals surface area contributed by atoms with Crippen LogP contribution in [0.1, 0.15) is 29.5 Å². The number of halogens is 3. The summed E-state index contributed by atoms with van der Waals surface area (Å²) in [4.78, 5) is 12.3. The van der Waals surface area contributed by atoms with Crippen molar-refractivity contribution in [3.05, 3.63) is 47.7 Å². The second-order valence-electron chi connectivity index (χ2n) is 6.60. The molecule has 1 aromatic heterocycles. The molecule has 1 aliphatic heterocycles. The Morgan fingerprint density at radius 2 is 1.96 bits per heavy atom. The van der Waals surface area contributed by atoms with Crippen LogP contribution in [0.4, 0.5) is 13.2 Å². The van der Waals surface area contributed by atoms with Crippen LogP contribution in [0.5, 0.6) is 0 Å². The van der Waals surface area contributed by atoms with Crippen LogP contribution in [0.2, 0.25) is 0 Å². The van der Waals surface area contributed by atoms with E-state index < -0.39 is 33.0 Å². The van der Waals surface area contributed by atoms with E-state index in [2.05, 4.69) is 5.32 Å². The standard InChI is InChI=1S/C17H16F3NO4S/c1-16(7-8-26(23,24)10-16)21-15(22)14-6-5-13(25-14)11-3-2-4-12(9-11)17(18,19)20/h2-6,9H,7-8,10H2,1H3,(H,21,22)/t16-/m0/s1. The number of benzene rings is 1. The molecule has 0 spiro atoms. The quantitative estimate of drug-likeness (QED) is 0.877. The SMILES string of the molecule is C[C@]1(NC(=O)c2ccc(-c3cccc(C(F)(F)F)c3)o2)CCS(=O)(=O)C1. The Morgan fingerprint density at radius 1 is 1.23 bits per heavy atom. The number of carbonyl (C=O) groups is 1. The van der Waals surface area contributed by atoms with E-state index in [9.17, 15) is 26.4 Å². The zero-order chi connectivity index (χ0) is 19.2. The molecule has 26 heavy (non-hydrogen) atoms. The van der Waals surface area contributed by atoms with Gasteiger partial charge in [-0.25, -0.2) is 8.42 Å². The van der Waals surface area contributed by atoms with Crippen molar-refractivity contribution in [3.8, 4) is 11.3 Å². The maximum absolute atomic E-state index is 12.8. The summed E-state index contributed by atoms with van der Waals surface area (Å²) in [5.74, 6) is -0.749. The molecule has 1 amide bonds. The number of hydrogen-bond acceptors (Lipinski definition) is 4. The minimum Gasteiger partial charge on any atom is -0.451 e. The van der Waals surface area contributed by atoms with Gasteiger partial charge in [0.15, 0.2) is 15.6 Å². The fourth-order valence-electron chi connectivity index (χ4n) is 2.91. The fraction of sp³-hybridized carbons (Fsp3) is 0.353. The van der Waals surface area contributed by atoms with Crippen molar-refractivity contribution in [2.45, 2.75) is 25.1 Å². The van der Waals surface area contributed by atoms with Gasteiger partial charge >= 0.3 is 6.18 Å². The first-order valence-corrected chi connectivity index (χ1v) is 9.60. The molecule has 1 atom stereocenters. The minimum atomic E-state index is -4.48. The van der Waals surface area contributed by atoms with Gasteiger partial charge in [-0.2, -0.15) is 13.2 Å². The Kier molecular flexibility index (Phi) is 4.38. The first kappa shape index (κ1) is 18.5. The van der Waals surface area contributed by atoms with Crippen molar-refractivity contribution in [3.63, 3.8) is 0 Å². The Labute approximate surface area is 148 Å². The maximum atomic E-state index is 12.8. The predicted octanol–water partition coefficient (Wildman–Crippen LogP) is 3.27. The van der Waals surface area contributed by atoms with Crippen molar-refractivity contribution >= 4 is 15.7 Å². The first-order valence-electron chi connectivity index (χ1n) is 7.78. The van der Waals surface area contributed by atoms with E-state index >= 15 is 0 Å². The van der Waals surface area contributed by atoms with Gasteiger partial charge < -0.3 is 9.73 Å². The number of hydrogen-bond donors (Lipinski definition) is 1. The number of furan rings is 1. The molecule has 0 radical (unpaired) electrons. The van der Waals surface area contributed by atoms with Gasteiger partial charge in [0.1, 0.15) is 5.76 Å². The second kappa shape index (κ2) is 6.15. The molecular formula is C17H16F3NO4S. The molecule has 3 rings (SSSR count). The lowest BCUT2D eigenvalue weighted by atomic mass is 10.0. The number of nitrogens with one attached hydrogen (secondary N) is 1. The molecule has 1 aromatic carbocycles. The third-order valence-electron chi connectivity index (χ3n) is 4.22. The van der Waals surface area contributed by atoms with E-state index in [4.69, 9.17) is 4.42 Å². The number of alkyl halides is 3. The summed E-state index contributed by atoms with van der Waals surface area (Å²) >= 11 is 0. The van der Waals surface area contributed by atoms with Crippen LogP contribution in [0.3, 0.4) is 0 Å². The average Bonchev–Trinajstić information content (AvgIpc) is 3.11. The van der Waals surface area contributed by atoms with Gasteiger partial charge in [0.2, 0.25) is 0 Å². The third kappa shape index (κ3) is 3.92. The molecule has 1 fully saturated rings. The number of rotatable bonds is 3. The molecule has 0 saturated carbocycles. The fourth-order valence-corrected chi connectivity index (χ4v) is 5.00. The van der Waals surface area contributed by atoms with Crippen molar-refractivity contribution in [2.24, 2.45) is 0 Å². The predicted molar refractivity (Wildman–Crippen MR) is 88.3 cm³/mol. The van der Waals surface area contributed by atoms with Crippen LogP contribution in [0.15, 0.2) is 40.8 Å². The number of amides is 1. The van der Waals surface area contributed by atoms with Gasteiger partial charge in [0.05, 0.1) is 22.6 Å². The lowest BCUT2D eigenvalue weighted by molar-refractivity contribution is -0.137. The highest BCUT2D eigenvalue weighted by atomic mass is 32.2. The summed E-state index contributed by atoms with van der Waals surface area (Å²) in [6.07, 6.45) is -4.19. The van der Waals surface area contributed by atoms with E-state index in [0.29, 0.717) is 6.42 Å². The number of sulfone groups is 1. The monoisotopic (exact) mass is 387 g/mol. The molecule has 9 heteroatoms. The largest absolute Gasteiger partial charge is 0.451 e. The zero-order valence-corrected chi connectivity index (χ0v) is 14.6. The molecule has 5 nitrogen and oxygen atoms in total. The van der Waals surface area contributed by atoms with E-state index in [-0.39, 0.29) is 28.6 Å². The zero-order valence-electron chi connectivity index (χ0n) is 13.8. The molecule has 0 bridgehead atoms. The normalized spacial score (nSPS) is 22.3. The third-order valence-corrected chi connectivity index (χ3v) is 6.13. The summed E-state index contributed by atoms with van der Waals surface area (Å²) in [7, 11) is -3.19. The Morgan fingerprint density at radius 3 is 2.58 bits per heavy atom. The lowest BCUT2D eigenvalue weighted by Crippen LogP contribution is -2.46. The van der Waals surface area contributed by atoms with Crippen LogP contribution < -0.4 is 5.32 Å². The topological polar surface area (TPSA) is 76.4 Å². The van der Waals surface area contributed by atoms with Gasteiger partial charge in [-0.1, -0.05) is 12.1 Å². The highest BCUT2D eigenvalue weighted by Gasteiger charge is 2.40. The maximum Gasteiger partial charge on any atom is 0.416 e. The summed E-state index contributed by atoms with van der Waals surface area (Å²) in [5, 5.41) is 2.64. The van der Waals surface area contributed by atoms with Crippen LogP contribution >= 0.6 is 0 Å². The minimum absolute atomic E-state index is 0.00256. The van der Waals surface area contributed by atoms with Crippen molar-refractivity contribution in [1.29, 1.82) is 0 Å². The smallest absolute Gasteiger partial charge is 0.416 e. The summed E-state index contributed by atoms with van der Waals surface area (Å²) in [6.45, 7) is 1.63. The van der Waals surface area contributed by atoms with Gasteiger partial charge in [-0.3, -0.25) is 4.79 Å². The summed E-state index contributed by atoms with van der Waals surface area (Å²) in [6, 6.07) is 7.33. The number of carbonyl (C=O) groups excluding carboxylic acids is 1. The van der Waals surface area contributed by atoms with Gasteiger partial charge in [-0.05, 0) is 37.6 Å². The van der Waals surface area contributed by atoms with E-state index in [1.54, 1.807) is 6.92 Å². The van der Waals surface area contributed by atoms with Crippen LogP contribution in [0, 0.1) is 0 Å². The Balaban J connectivity index is 1.79. The van der Waals surface area contributed by atoms with E-state index in [0.717, 1.165) is 12.1 Å². The van der Waals surface area contributed by atoms with Gasteiger partial charge in [0, 0.05) is 5.56 Å². The first-order chi connectivity index (χ1) is 12.0. The molecule has 0 aliphatic carbocycles. The van der Waals surface area contributed by atoms with Crippen LogP contribution in [-0.4, -0.2) is 31.4 Å². The highest BCUT2D eigenvalue weighted by molar-refractivity contribution is 7.91. The highest BCUT2D eigenvalue weighted by Crippen LogP contribution is 2.33. The van der Waals surface area contributed by atoms with Crippen LogP contribution in [0.25, 0.3) is 11.3 Å². The molecule has 0 unspecified atom stereocenters. The summed E-state index contributed by atoms with van der Waals surface area (Å²) < 4.78 is 67.0. The van der Waals surface area contributed by atoms with Crippen molar-refractivity contribution in [2.75, 3.05) is 11.5 Å². The molecular weight excluding hydrogens is 371 g/mol. The Hall–Kier alpha value is -2.29. The lowest BCUT2D eigenvalue weighted by Gasteiger charge is -2.23. The van der Waals surface area contributed by atoms with E-state index in [1.165, 1.54) is 24.3 Å². The van der Waals surface area contributed by atoms with Gasteiger partial charge in [0.25, 0.3) is 5.91 Å². The van der Waals surface area contributed by atoms with Crippen LogP contribution in [-0.2, 0) is 16.0 Å². The molecule has 1 aliphatic rings. The molecule has 1 saturated heterocycles.